The van der Waals surface area contributed by atoms with Gasteiger partial charge in [-0.05, 0) is 82.2 Å². The van der Waals surface area contributed by atoms with E-state index in [-0.39, 0.29) is 0 Å². The van der Waals surface area contributed by atoms with Gasteiger partial charge in [0.1, 0.15) is 0 Å². The van der Waals surface area contributed by atoms with Crippen LogP contribution < -0.4 is 4.90 Å². The van der Waals surface area contributed by atoms with Gasteiger partial charge >= 0.3 is 0 Å². The maximum Gasteiger partial charge on any atom is 0.164 e. The summed E-state index contributed by atoms with van der Waals surface area (Å²) in [6.45, 7) is 0. The van der Waals surface area contributed by atoms with Gasteiger partial charge in [-0.2, -0.15) is 0 Å². The summed E-state index contributed by atoms with van der Waals surface area (Å²) in [5.74, 6) is 1.82. The average molecular weight is 845 g/mol. The molecule has 0 aliphatic carbocycles. The molecule has 3 aromatic heterocycles. The third-order valence-corrected chi connectivity index (χ3v) is 12.3. The molecule has 0 N–H and O–H groups in total. The lowest BCUT2D eigenvalue weighted by atomic mass is 10.0. The first-order chi connectivity index (χ1) is 32.7. The molecule has 0 saturated heterocycles. The summed E-state index contributed by atoms with van der Waals surface area (Å²) in [6, 6.07) is 80.8. The van der Waals surface area contributed by atoms with Crippen LogP contribution in [0.15, 0.2) is 243 Å². The number of pyridine rings is 1. The number of nitrogens with zero attached hydrogens (tertiary/aromatic N) is 6. The highest BCUT2D eigenvalue weighted by atomic mass is 15.1. The molecule has 0 spiro atoms. The van der Waals surface area contributed by atoms with E-state index in [4.69, 9.17) is 15.0 Å². The van der Waals surface area contributed by atoms with E-state index >= 15 is 0 Å². The van der Waals surface area contributed by atoms with Crippen LogP contribution in [0.3, 0.4) is 0 Å². The van der Waals surface area contributed by atoms with E-state index in [1.54, 1.807) is 0 Å². The predicted molar refractivity (Wildman–Crippen MR) is 271 cm³/mol. The van der Waals surface area contributed by atoms with Crippen molar-refractivity contribution < 1.29 is 0 Å². The van der Waals surface area contributed by atoms with Crippen molar-refractivity contribution in [3.05, 3.63) is 243 Å². The minimum absolute atomic E-state index is 0.596. The maximum absolute atomic E-state index is 5.21. The van der Waals surface area contributed by atoms with Gasteiger partial charge in [-0.25, -0.2) is 15.0 Å². The Morgan fingerprint density at radius 2 is 0.879 bits per heavy atom. The zero-order valence-corrected chi connectivity index (χ0v) is 35.8. The van der Waals surface area contributed by atoms with Gasteiger partial charge in [0.25, 0.3) is 0 Å². The molecule has 0 fully saturated rings. The van der Waals surface area contributed by atoms with Gasteiger partial charge in [-0.3, -0.25) is 4.98 Å². The van der Waals surface area contributed by atoms with E-state index < -0.39 is 0 Å². The summed E-state index contributed by atoms with van der Waals surface area (Å²) in [7, 11) is 0. The topological polar surface area (TPSA) is 59.7 Å². The Balaban J connectivity index is 1.02. The molecule has 0 aliphatic rings. The van der Waals surface area contributed by atoms with Crippen molar-refractivity contribution in [2.45, 2.75) is 0 Å². The van der Waals surface area contributed by atoms with Crippen molar-refractivity contribution in [3.8, 4) is 62.1 Å². The Morgan fingerprint density at radius 3 is 1.52 bits per heavy atom. The number of aromatic nitrogens is 5. The smallest absolute Gasteiger partial charge is 0.164 e. The number of fused-ring (bicyclic) bond motifs is 5. The summed E-state index contributed by atoms with van der Waals surface area (Å²) in [5, 5.41) is 4.66. The Bertz CT molecular complexity index is 3530. The number of anilines is 3. The standard InChI is InChI=1S/C60H40N6/c1-4-14-41(15-5-1)43-25-29-46(30-26-43)58-62-59(47-31-27-44(28-32-47)42-16-6-2-7-17-42)64-60(63-58)48-19-12-22-50(38-48)66-56-36-34-51(65(49-20-8-3-9-21-49)52-23-13-37-61-40-52)39-55(56)54-35-33-45-18-10-11-24-53(45)57(54)66/h1-40H. The van der Waals surface area contributed by atoms with Crippen LogP contribution in [0.25, 0.3) is 94.7 Å². The first-order valence-electron chi connectivity index (χ1n) is 22.1. The van der Waals surface area contributed by atoms with Crippen LogP contribution in [0.2, 0.25) is 0 Å². The van der Waals surface area contributed by atoms with Crippen LogP contribution >= 0.6 is 0 Å². The molecule has 0 saturated carbocycles. The van der Waals surface area contributed by atoms with Gasteiger partial charge in [0.2, 0.25) is 0 Å². The second-order valence-corrected chi connectivity index (χ2v) is 16.3. The normalized spacial score (nSPS) is 11.3. The lowest BCUT2D eigenvalue weighted by molar-refractivity contribution is 1.07. The second-order valence-electron chi connectivity index (χ2n) is 16.3. The highest BCUT2D eigenvalue weighted by Gasteiger charge is 2.20. The largest absolute Gasteiger partial charge is 0.309 e. The van der Waals surface area contributed by atoms with Crippen molar-refractivity contribution in [3.63, 3.8) is 0 Å². The summed E-state index contributed by atoms with van der Waals surface area (Å²) < 4.78 is 2.39. The zero-order chi connectivity index (χ0) is 43.8. The molecule has 310 valence electrons. The summed E-state index contributed by atoms with van der Waals surface area (Å²) in [4.78, 5) is 22.3. The van der Waals surface area contributed by atoms with Gasteiger partial charge < -0.3 is 9.47 Å². The first-order valence-corrected chi connectivity index (χ1v) is 22.1. The minimum atomic E-state index is 0.596. The lowest BCUT2D eigenvalue weighted by Crippen LogP contribution is -2.09. The number of hydrogen-bond donors (Lipinski definition) is 0. The highest BCUT2D eigenvalue weighted by Crippen LogP contribution is 2.42. The summed E-state index contributed by atoms with van der Waals surface area (Å²) >= 11 is 0. The second kappa shape index (κ2) is 16.6. The molecular weight excluding hydrogens is 805 g/mol. The molecule has 0 radical (unpaired) electrons. The first kappa shape index (κ1) is 38.7. The SMILES string of the molecule is c1ccc(-c2ccc(-c3nc(-c4ccc(-c5ccccc5)cc4)nc(-c4cccc(-n5c6ccc(N(c7ccccc7)c7cccnc7)cc6c6ccc7ccccc7c65)c4)n3)cc2)cc1. The fourth-order valence-electron chi connectivity index (χ4n) is 9.12. The van der Waals surface area contributed by atoms with Gasteiger partial charge in [-0.15, -0.1) is 0 Å². The Hall–Kier alpha value is -9.00. The molecule has 12 aromatic rings. The van der Waals surface area contributed by atoms with Crippen LogP contribution in [0.5, 0.6) is 0 Å². The Kier molecular flexibility index (Phi) is 9.73. The number of hydrogen-bond acceptors (Lipinski definition) is 5. The number of para-hydroxylation sites is 1. The molecular formula is C60H40N6. The molecule has 0 atom stereocenters. The Labute approximate surface area is 382 Å². The van der Waals surface area contributed by atoms with Crippen LogP contribution in [0.1, 0.15) is 0 Å². The van der Waals surface area contributed by atoms with E-state index in [1.165, 1.54) is 10.8 Å². The third kappa shape index (κ3) is 7.13. The van der Waals surface area contributed by atoms with Gasteiger partial charge in [0.05, 0.1) is 22.9 Å². The maximum atomic E-state index is 5.21. The molecule has 6 heteroatoms. The van der Waals surface area contributed by atoms with E-state index in [1.807, 2.05) is 36.7 Å². The number of benzene rings is 9. The molecule has 9 aromatic carbocycles. The van der Waals surface area contributed by atoms with Crippen molar-refractivity contribution in [1.29, 1.82) is 0 Å². The minimum Gasteiger partial charge on any atom is -0.309 e. The van der Waals surface area contributed by atoms with E-state index in [0.29, 0.717) is 17.5 Å². The quantitative estimate of drug-likeness (QED) is 0.145. The highest BCUT2D eigenvalue weighted by molar-refractivity contribution is 6.19. The lowest BCUT2D eigenvalue weighted by Gasteiger charge is -2.25. The molecule has 66 heavy (non-hydrogen) atoms. The zero-order valence-electron chi connectivity index (χ0n) is 35.8. The van der Waals surface area contributed by atoms with Gasteiger partial charge in [0.15, 0.2) is 17.5 Å². The Morgan fingerprint density at radius 1 is 0.333 bits per heavy atom. The van der Waals surface area contributed by atoms with Crippen molar-refractivity contribution >= 4 is 49.6 Å². The molecule has 0 unspecified atom stereocenters. The van der Waals surface area contributed by atoms with Crippen LogP contribution in [-0.4, -0.2) is 24.5 Å². The van der Waals surface area contributed by atoms with E-state index in [9.17, 15) is 0 Å². The molecule has 0 aliphatic heterocycles. The van der Waals surface area contributed by atoms with Gasteiger partial charge in [0, 0.05) is 56.1 Å². The fourth-order valence-corrected chi connectivity index (χ4v) is 9.12. The van der Waals surface area contributed by atoms with Crippen LogP contribution in [0, 0.1) is 0 Å². The van der Waals surface area contributed by atoms with Crippen molar-refractivity contribution in [2.24, 2.45) is 0 Å². The fraction of sp³-hybridized carbons (Fsp3) is 0. The molecule has 6 nitrogen and oxygen atoms in total. The monoisotopic (exact) mass is 844 g/mol. The third-order valence-electron chi connectivity index (χ3n) is 12.3. The van der Waals surface area contributed by atoms with Gasteiger partial charge in [-0.1, -0.05) is 176 Å². The molecule has 0 bridgehead atoms. The molecule has 12 rings (SSSR count). The van der Waals surface area contributed by atoms with E-state index in [2.05, 4.69) is 221 Å². The van der Waals surface area contributed by atoms with Crippen LogP contribution in [0.4, 0.5) is 17.1 Å². The van der Waals surface area contributed by atoms with E-state index in [0.717, 1.165) is 83.5 Å². The molecule has 3 heterocycles. The summed E-state index contributed by atoms with van der Waals surface area (Å²) in [6.07, 6.45) is 3.73. The van der Waals surface area contributed by atoms with Crippen LogP contribution in [-0.2, 0) is 0 Å². The average Bonchev–Trinajstić information content (AvgIpc) is 3.74. The summed E-state index contributed by atoms with van der Waals surface area (Å²) in [5.41, 5.74) is 13.6. The predicted octanol–water partition coefficient (Wildman–Crippen LogP) is 15.3. The van der Waals surface area contributed by atoms with Crippen molar-refractivity contribution in [1.82, 2.24) is 24.5 Å². The van der Waals surface area contributed by atoms with Crippen molar-refractivity contribution in [2.75, 3.05) is 4.90 Å². The molecule has 0 amide bonds. The number of rotatable bonds is 9.